The molecule has 0 radical (unpaired) electrons. The van der Waals surface area contributed by atoms with Crippen LogP contribution in [-0.2, 0) is 4.79 Å². The number of amidine groups is 1. The van der Waals surface area contributed by atoms with E-state index in [0.717, 1.165) is 34.1 Å². The summed E-state index contributed by atoms with van der Waals surface area (Å²) in [5, 5.41) is 0. The maximum atomic E-state index is 12.7. The minimum atomic E-state index is -0.0133. The van der Waals surface area contributed by atoms with Crippen LogP contribution < -0.4 is 14.2 Å². The first-order chi connectivity index (χ1) is 16.6. The number of carbonyl (C=O) groups is 1. The molecule has 1 saturated heterocycles. The first-order valence-corrected chi connectivity index (χ1v) is 11.4. The van der Waals surface area contributed by atoms with Crippen LogP contribution in [0.25, 0.3) is 0 Å². The molecule has 34 heavy (non-hydrogen) atoms. The highest BCUT2D eigenvalue weighted by Gasteiger charge is 2.28. The average molecular weight is 458 g/mol. The van der Waals surface area contributed by atoms with Crippen LogP contribution in [0.4, 0.5) is 5.69 Å². The lowest BCUT2D eigenvalue weighted by Crippen LogP contribution is -2.51. The van der Waals surface area contributed by atoms with Crippen molar-refractivity contribution < 1.29 is 19.0 Å². The van der Waals surface area contributed by atoms with Crippen LogP contribution in [0.5, 0.6) is 23.0 Å². The third-order valence-electron chi connectivity index (χ3n) is 6.03. The quantitative estimate of drug-likeness (QED) is 0.581. The fourth-order valence-electron chi connectivity index (χ4n) is 4.15. The van der Waals surface area contributed by atoms with Crippen LogP contribution in [0.15, 0.2) is 71.7 Å². The van der Waals surface area contributed by atoms with E-state index in [9.17, 15) is 4.79 Å². The summed E-state index contributed by atoms with van der Waals surface area (Å²) in [5.41, 5.74) is 2.79. The summed E-state index contributed by atoms with van der Waals surface area (Å²) in [6.45, 7) is 4.61. The number of nitrogens with zero attached hydrogens (tertiary/aromatic N) is 3. The second-order valence-electron chi connectivity index (χ2n) is 8.34. The van der Waals surface area contributed by atoms with Crippen molar-refractivity contribution in [3.8, 4) is 23.0 Å². The van der Waals surface area contributed by atoms with Crippen molar-refractivity contribution in [2.24, 2.45) is 4.99 Å². The number of hydrogen-bond acceptors (Lipinski definition) is 6. The molecule has 0 aromatic heterocycles. The minimum Gasteiger partial charge on any atom is -0.497 e. The topological polar surface area (TPSA) is 63.6 Å². The average Bonchev–Trinajstić information content (AvgIpc) is 3.03. The van der Waals surface area contributed by atoms with Crippen LogP contribution in [0.3, 0.4) is 0 Å². The Morgan fingerprint density at radius 3 is 2.50 bits per heavy atom. The molecule has 0 aliphatic carbocycles. The smallest absolute Gasteiger partial charge is 0.260 e. The van der Waals surface area contributed by atoms with Crippen LogP contribution in [0, 0.1) is 6.92 Å². The lowest BCUT2D eigenvalue weighted by molar-refractivity contribution is -0.134. The molecule has 174 valence electrons. The summed E-state index contributed by atoms with van der Waals surface area (Å²) in [4.78, 5) is 21.7. The van der Waals surface area contributed by atoms with Gasteiger partial charge in [0.15, 0.2) is 12.4 Å². The standard InChI is InChI=1S/C27H27N3O4/c1-19-8-11-23-25(16-19)34-24-17-21(32-2)9-10-22(24)27(28-23)30-14-12-29(13-15-30)26(31)18-33-20-6-4-3-5-7-20/h3-11,16-17H,12-15,18H2,1-2H3. The molecule has 1 fully saturated rings. The molecule has 0 atom stereocenters. The van der Waals surface area contributed by atoms with Gasteiger partial charge in [-0.05, 0) is 48.9 Å². The van der Waals surface area contributed by atoms with Gasteiger partial charge in [0, 0.05) is 32.2 Å². The number of methoxy groups -OCH3 is 1. The fraction of sp³-hybridized carbons (Fsp3) is 0.259. The highest BCUT2D eigenvalue weighted by atomic mass is 16.5. The number of piperazine rings is 1. The van der Waals surface area contributed by atoms with Gasteiger partial charge < -0.3 is 24.0 Å². The first kappa shape index (κ1) is 21.8. The van der Waals surface area contributed by atoms with E-state index in [0.29, 0.717) is 37.7 Å². The summed E-state index contributed by atoms with van der Waals surface area (Å²) in [6.07, 6.45) is 0. The lowest BCUT2D eigenvalue weighted by Gasteiger charge is -2.36. The van der Waals surface area contributed by atoms with Crippen LogP contribution in [0.2, 0.25) is 0 Å². The molecule has 2 aliphatic heterocycles. The Labute approximate surface area is 199 Å². The van der Waals surface area contributed by atoms with E-state index in [1.165, 1.54) is 0 Å². The first-order valence-electron chi connectivity index (χ1n) is 11.4. The molecule has 3 aromatic carbocycles. The molecule has 2 heterocycles. The Morgan fingerprint density at radius 1 is 0.941 bits per heavy atom. The van der Waals surface area contributed by atoms with E-state index in [1.54, 1.807) is 7.11 Å². The van der Waals surface area contributed by atoms with Crippen LogP contribution >= 0.6 is 0 Å². The monoisotopic (exact) mass is 457 g/mol. The zero-order valence-corrected chi connectivity index (χ0v) is 19.4. The van der Waals surface area contributed by atoms with E-state index >= 15 is 0 Å². The Balaban J connectivity index is 1.34. The van der Waals surface area contributed by atoms with Gasteiger partial charge in [-0.1, -0.05) is 24.3 Å². The molecule has 0 spiro atoms. The molecule has 0 unspecified atom stereocenters. The van der Waals surface area contributed by atoms with Crippen molar-refractivity contribution in [1.82, 2.24) is 9.80 Å². The normalized spacial score (nSPS) is 14.8. The number of carbonyl (C=O) groups excluding carboxylic acids is 1. The van der Waals surface area contributed by atoms with Crippen LogP contribution in [-0.4, -0.2) is 61.4 Å². The third kappa shape index (κ3) is 4.55. The Hall–Kier alpha value is -4.00. The van der Waals surface area contributed by atoms with E-state index in [2.05, 4.69) is 4.90 Å². The molecule has 0 saturated carbocycles. The Bertz CT molecular complexity index is 1220. The van der Waals surface area contributed by atoms with Gasteiger partial charge in [-0.2, -0.15) is 0 Å². The molecule has 0 N–H and O–H groups in total. The van der Waals surface area contributed by atoms with Gasteiger partial charge in [0.1, 0.15) is 28.8 Å². The molecule has 0 bridgehead atoms. The largest absolute Gasteiger partial charge is 0.497 e. The van der Waals surface area contributed by atoms with Gasteiger partial charge in [-0.15, -0.1) is 0 Å². The van der Waals surface area contributed by atoms with Crippen molar-refractivity contribution in [2.75, 3.05) is 39.9 Å². The Morgan fingerprint density at radius 2 is 1.74 bits per heavy atom. The van der Waals surface area contributed by atoms with Gasteiger partial charge in [0.05, 0.1) is 12.7 Å². The molecule has 5 rings (SSSR count). The second kappa shape index (κ2) is 9.47. The van der Waals surface area contributed by atoms with Gasteiger partial charge in [-0.3, -0.25) is 4.79 Å². The van der Waals surface area contributed by atoms with Crippen molar-refractivity contribution in [1.29, 1.82) is 0 Å². The van der Waals surface area contributed by atoms with Crippen molar-refractivity contribution >= 4 is 17.4 Å². The van der Waals surface area contributed by atoms with E-state index in [-0.39, 0.29) is 12.5 Å². The number of benzene rings is 3. The van der Waals surface area contributed by atoms with Gasteiger partial charge in [-0.25, -0.2) is 4.99 Å². The number of hydrogen-bond donors (Lipinski definition) is 0. The van der Waals surface area contributed by atoms with E-state index in [4.69, 9.17) is 19.2 Å². The number of aryl methyl sites for hydroxylation is 1. The summed E-state index contributed by atoms with van der Waals surface area (Å²) in [5.74, 6) is 3.67. The second-order valence-corrected chi connectivity index (χ2v) is 8.34. The predicted octanol–water partition coefficient (Wildman–Crippen LogP) is 4.41. The number of fused-ring (bicyclic) bond motifs is 2. The molecule has 2 aliphatic rings. The van der Waals surface area contributed by atoms with E-state index in [1.807, 2.05) is 78.6 Å². The lowest BCUT2D eigenvalue weighted by atomic mass is 10.1. The number of ether oxygens (including phenoxy) is 3. The minimum absolute atomic E-state index is 0.0133. The SMILES string of the molecule is COc1ccc2c(c1)Oc1cc(C)ccc1N=C2N1CCN(C(=O)COc2ccccc2)CC1. The van der Waals surface area contributed by atoms with Crippen LogP contribution in [0.1, 0.15) is 11.1 Å². The number of amides is 1. The van der Waals surface area contributed by atoms with E-state index < -0.39 is 0 Å². The van der Waals surface area contributed by atoms with Gasteiger partial charge in [0.2, 0.25) is 0 Å². The third-order valence-corrected chi connectivity index (χ3v) is 6.03. The summed E-state index contributed by atoms with van der Waals surface area (Å²) >= 11 is 0. The molecular weight excluding hydrogens is 430 g/mol. The molecule has 7 nitrogen and oxygen atoms in total. The van der Waals surface area contributed by atoms with Crippen molar-refractivity contribution in [2.45, 2.75) is 6.92 Å². The molecule has 7 heteroatoms. The highest BCUT2D eigenvalue weighted by Crippen LogP contribution is 2.40. The van der Waals surface area contributed by atoms with Crippen molar-refractivity contribution in [3.05, 3.63) is 77.9 Å². The summed E-state index contributed by atoms with van der Waals surface area (Å²) in [6, 6.07) is 21.2. The summed E-state index contributed by atoms with van der Waals surface area (Å²) < 4.78 is 17.3. The number of rotatable bonds is 4. The fourth-order valence-corrected chi connectivity index (χ4v) is 4.15. The molecule has 1 amide bonds. The molecule has 3 aromatic rings. The van der Waals surface area contributed by atoms with Gasteiger partial charge >= 0.3 is 0 Å². The number of para-hydroxylation sites is 1. The maximum Gasteiger partial charge on any atom is 0.260 e. The zero-order chi connectivity index (χ0) is 23.5. The highest BCUT2D eigenvalue weighted by molar-refractivity contribution is 6.04. The number of aliphatic imine (C=N–C) groups is 1. The van der Waals surface area contributed by atoms with Crippen molar-refractivity contribution in [3.63, 3.8) is 0 Å². The zero-order valence-electron chi connectivity index (χ0n) is 19.4. The Kier molecular flexibility index (Phi) is 6.08. The maximum absolute atomic E-state index is 12.7. The molecular formula is C27H27N3O4. The predicted molar refractivity (Wildman–Crippen MR) is 131 cm³/mol. The van der Waals surface area contributed by atoms with Gasteiger partial charge in [0.25, 0.3) is 5.91 Å². The summed E-state index contributed by atoms with van der Waals surface area (Å²) in [7, 11) is 1.64.